The van der Waals surface area contributed by atoms with Gasteiger partial charge in [-0.3, -0.25) is 9.69 Å². The Kier molecular flexibility index (Phi) is 7.16. The van der Waals surface area contributed by atoms with Crippen LogP contribution in [-0.2, 0) is 9.53 Å². The van der Waals surface area contributed by atoms with Crippen LogP contribution in [0, 0.1) is 0 Å². The molecule has 0 bridgehead atoms. The highest BCUT2D eigenvalue weighted by Gasteiger charge is 2.18. The molecule has 5 nitrogen and oxygen atoms in total. The number of hydrogen-bond acceptors (Lipinski definition) is 4. The Labute approximate surface area is 104 Å². The second kappa shape index (κ2) is 8.44. The second-order valence-corrected chi connectivity index (χ2v) is 4.20. The third-order valence-electron chi connectivity index (χ3n) is 3.03. The number of carbonyl (C=O) groups is 1. The lowest BCUT2D eigenvalue weighted by Crippen LogP contribution is -2.49. The maximum Gasteiger partial charge on any atom is 0.236 e. The van der Waals surface area contributed by atoms with Gasteiger partial charge in [0.25, 0.3) is 0 Å². The van der Waals surface area contributed by atoms with E-state index < -0.39 is 0 Å². The molecule has 0 radical (unpaired) electrons. The van der Waals surface area contributed by atoms with Gasteiger partial charge >= 0.3 is 0 Å². The van der Waals surface area contributed by atoms with Crippen LogP contribution < -0.4 is 5.32 Å². The van der Waals surface area contributed by atoms with E-state index in [0.29, 0.717) is 13.2 Å². The van der Waals surface area contributed by atoms with Gasteiger partial charge in [-0.05, 0) is 13.5 Å². The predicted octanol–water partition coefficient (Wildman–Crippen LogP) is -0.223. The topological polar surface area (TPSA) is 44.8 Å². The number of ether oxygens (including phenoxy) is 1. The van der Waals surface area contributed by atoms with Crippen LogP contribution >= 0.6 is 0 Å². The molecule has 1 fully saturated rings. The maximum atomic E-state index is 12.0. The molecule has 1 aliphatic heterocycles. The maximum absolute atomic E-state index is 12.0. The lowest BCUT2D eigenvalue weighted by Gasteiger charge is -2.30. The second-order valence-electron chi connectivity index (χ2n) is 4.20. The van der Waals surface area contributed by atoms with Gasteiger partial charge in [-0.2, -0.15) is 0 Å². The molecule has 0 aromatic rings. The molecule has 0 aromatic carbocycles. The summed E-state index contributed by atoms with van der Waals surface area (Å²) in [6, 6.07) is 0. The fourth-order valence-corrected chi connectivity index (χ4v) is 1.89. The molecule has 100 valence electrons. The minimum absolute atomic E-state index is 0.241. The molecular weight excluding hydrogens is 218 g/mol. The number of likely N-dealkylation sites (N-methyl/N-ethyl adjacent to an activating group) is 1. The van der Waals surface area contributed by atoms with Crippen molar-refractivity contribution >= 4 is 5.91 Å². The summed E-state index contributed by atoms with van der Waals surface area (Å²) in [5, 5.41) is 3.25. The number of nitrogens with one attached hydrogen (secondary N) is 1. The number of piperazine rings is 1. The first kappa shape index (κ1) is 14.4. The molecule has 0 saturated carbocycles. The van der Waals surface area contributed by atoms with E-state index in [2.05, 4.69) is 17.1 Å². The highest BCUT2D eigenvalue weighted by Crippen LogP contribution is 1.97. The Hall–Kier alpha value is -0.650. The van der Waals surface area contributed by atoms with Crippen molar-refractivity contribution in [2.24, 2.45) is 0 Å². The van der Waals surface area contributed by atoms with Crippen molar-refractivity contribution in [2.45, 2.75) is 13.8 Å². The smallest absolute Gasteiger partial charge is 0.236 e. The summed E-state index contributed by atoms with van der Waals surface area (Å²) in [6.45, 7) is 11.3. The first-order valence-electron chi connectivity index (χ1n) is 6.56. The standard InChI is InChI=1S/C12H25N3O2/c1-3-14(9-10-17-4-2)11-12(16)15-7-5-13-6-8-15/h13H,3-11H2,1-2H3. The average molecular weight is 243 g/mol. The third-order valence-corrected chi connectivity index (χ3v) is 3.03. The van der Waals surface area contributed by atoms with Gasteiger partial charge in [-0.1, -0.05) is 6.92 Å². The lowest BCUT2D eigenvalue weighted by molar-refractivity contribution is -0.133. The summed E-state index contributed by atoms with van der Waals surface area (Å²) in [5.41, 5.74) is 0. The van der Waals surface area contributed by atoms with E-state index in [1.54, 1.807) is 0 Å². The van der Waals surface area contributed by atoms with Crippen LogP contribution in [0.3, 0.4) is 0 Å². The van der Waals surface area contributed by atoms with Gasteiger partial charge < -0.3 is 15.0 Å². The van der Waals surface area contributed by atoms with Gasteiger partial charge in [0, 0.05) is 39.3 Å². The van der Waals surface area contributed by atoms with E-state index in [-0.39, 0.29) is 5.91 Å². The molecule has 0 unspecified atom stereocenters. The number of rotatable bonds is 7. The van der Waals surface area contributed by atoms with Crippen LogP contribution in [0.15, 0.2) is 0 Å². The molecule has 17 heavy (non-hydrogen) atoms. The summed E-state index contributed by atoms with van der Waals surface area (Å²) >= 11 is 0. The molecule has 1 N–H and O–H groups in total. The summed E-state index contributed by atoms with van der Waals surface area (Å²) in [5.74, 6) is 0.241. The van der Waals surface area contributed by atoms with E-state index in [1.807, 2.05) is 11.8 Å². The minimum atomic E-state index is 0.241. The van der Waals surface area contributed by atoms with Gasteiger partial charge in [0.2, 0.25) is 5.91 Å². The molecular formula is C12H25N3O2. The first-order chi connectivity index (χ1) is 8.27. The molecule has 0 aromatic heterocycles. The highest BCUT2D eigenvalue weighted by atomic mass is 16.5. The van der Waals surface area contributed by atoms with Crippen molar-refractivity contribution < 1.29 is 9.53 Å². The molecule has 0 aliphatic carbocycles. The van der Waals surface area contributed by atoms with E-state index in [1.165, 1.54) is 0 Å². The summed E-state index contributed by atoms with van der Waals surface area (Å²) in [6.07, 6.45) is 0. The largest absolute Gasteiger partial charge is 0.380 e. The molecule has 0 atom stereocenters. The fraction of sp³-hybridized carbons (Fsp3) is 0.917. The Morgan fingerprint density at radius 1 is 1.35 bits per heavy atom. The fourth-order valence-electron chi connectivity index (χ4n) is 1.89. The molecule has 0 spiro atoms. The monoisotopic (exact) mass is 243 g/mol. The van der Waals surface area contributed by atoms with Gasteiger partial charge in [-0.15, -0.1) is 0 Å². The molecule has 1 rings (SSSR count). The Balaban J connectivity index is 2.25. The van der Waals surface area contributed by atoms with Gasteiger partial charge in [0.05, 0.1) is 13.2 Å². The van der Waals surface area contributed by atoms with E-state index in [4.69, 9.17) is 4.74 Å². The number of nitrogens with zero attached hydrogens (tertiary/aromatic N) is 2. The van der Waals surface area contributed by atoms with Crippen LogP contribution in [0.2, 0.25) is 0 Å². The van der Waals surface area contributed by atoms with Crippen molar-refractivity contribution in [1.29, 1.82) is 0 Å². The van der Waals surface area contributed by atoms with Crippen LogP contribution in [0.5, 0.6) is 0 Å². The number of amides is 1. The van der Waals surface area contributed by atoms with Crippen molar-refractivity contribution in [1.82, 2.24) is 15.1 Å². The van der Waals surface area contributed by atoms with Gasteiger partial charge in [0.15, 0.2) is 0 Å². The Bertz CT molecular complexity index is 218. The first-order valence-corrected chi connectivity index (χ1v) is 6.56. The van der Waals surface area contributed by atoms with Crippen molar-refractivity contribution in [3.63, 3.8) is 0 Å². The molecule has 5 heteroatoms. The highest BCUT2D eigenvalue weighted by molar-refractivity contribution is 5.78. The minimum Gasteiger partial charge on any atom is -0.380 e. The lowest BCUT2D eigenvalue weighted by atomic mass is 10.3. The zero-order valence-corrected chi connectivity index (χ0v) is 11.1. The Morgan fingerprint density at radius 2 is 2.06 bits per heavy atom. The SMILES string of the molecule is CCOCCN(CC)CC(=O)N1CCNCC1. The van der Waals surface area contributed by atoms with Crippen molar-refractivity contribution in [3.05, 3.63) is 0 Å². The summed E-state index contributed by atoms with van der Waals surface area (Å²) < 4.78 is 5.32. The molecule has 1 aliphatic rings. The zero-order valence-electron chi connectivity index (χ0n) is 11.1. The molecule has 1 heterocycles. The number of carbonyl (C=O) groups excluding carboxylic acids is 1. The van der Waals surface area contributed by atoms with Crippen LogP contribution in [0.25, 0.3) is 0 Å². The molecule has 1 amide bonds. The van der Waals surface area contributed by atoms with Crippen molar-refractivity contribution in [2.75, 3.05) is 59.0 Å². The summed E-state index contributed by atoms with van der Waals surface area (Å²) in [7, 11) is 0. The average Bonchev–Trinajstić information content (AvgIpc) is 2.38. The summed E-state index contributed by atoms with van der Waals surface area (Å²) in [4.78, 5) is 16.1. The normalized spacial score (nSPS) is 16.5. The predicted molar refractivity (Wildman–Crippen MR) is 68.1 cm³/mol. The van der Waals surface area contributed by atoms with Crippen LogP contribution in [-0.4, -0.2) is 74.7 Å². The number of hydrogen-bond donors (Lipinski definition) is 1. The Morgan fingerprint density at radius 3 is 2.65 bits per heavy atom. The van der Waals surface area contributed by atoms with Crippen LogP contribution in [0.1, 0.15) is 13.8 Å². The van der Waals surface area contributed by atoms with Crippen molar-refractivity contribution in [3.8, 4) is 0 Å². The van der Waals surface area contributed by atoms with Gasteiger partial charge in [-0.25, -0.2) is 0 Å². The van der Waals surface area contributed by atoms with E-state index >= 15 is 0 Å². The quantitative estimate of drug-likeness (QED) is 0.628. The van der Waals surface area contributed by atoms with E-state index in [9.17, 15) is 4.79 Å². The zero-order chi connectivity index (χ0) is 12.5. The van der Waals surface area contributed by atoms with E-state index in [0.717, 1.165) is 45.9 Å². The van der Waals surface area contributed by atoms with Crippen LogP contribution in [0.4, 0.5) is 0 Å². The molecule has 1 saturated heterocycles. The third kappa shape index (κ3) is 5.48. The van der Waals surface area contributed by atoms with Gasteiger partial charge in [0.1, 0.15) is 0 Å².